The van der Waals surface area contributed by atoms with Gasteiger partial charge in [-0.3, -0.25) is 14.6 Å². The van der Waals surface area contributed by atoms with Gasteiger partial charge in [0, 0.05) is 19.2 Å². The number of pyridine rings is 1. The summed E-state index contributed by atoms with van der Waals surface area (Å²) in [4.78, 5) is 30.7. The molecule has 1 saturated heterocycles. The molecule has 1 aliphatic heterocycles. The van der Waals surface area contributed by atoms with Crippen LogP contribution in [-0.4, -0.2) is 48.5 Å². The van der Waals surface area contributed by atoms with Gasteiger partial charge in [0.25, 0.3) is 0 Å². The van der Waals surface area contributed by atoms with Crippen LogP contribution in [0.25, 0.3) is 5.69 Å². The molecular weight excluding hydrogens is 358 g/mol. The molecule has 1 unspecified atom stereocenters. The Morgan fingerprint density at radius 3 is 2.75 bits per heavy atom. The standard InChI is InChI=1S/C19H19N7O2/c27-18-10-14(12-25(18)13-15-6-4-5-9-20-15)19(28)21-11-17-22-23-24-26(17)16-7-2-1-3-8-16/h1-9,14H,10-13H2,(H,21,28). The van der Waals surface area contributed by atoms with Crippen LogP contribution in [0.1, 0.15) is 17.9 Å². The molecule has 142 valence electrons. The highest BCUT2D eigenvalue weighted by molar-refractivity contribution is 5.89. The molecule has 0 spiro atoms. The fraction of sp³-hybridized carbons (Fsp3) is 0.263. The van der Waals surface area contributed by atoms with E-state index in [1.165, 1.54) is 0 Å². The highest BCUT2D eigenvalue weighted by Crippen LogP contribution is 2.20. The molecule has 3 aromatic rings. The second-order valence-electron chi connectivity index (χ2n) is 6.56. The summed E-state index contributed by atoms with van der Waals surface area (Å²) in [6.07, 6.45) is 1.89. The lowest BCUT2D eigenvalue weighted by atomic mass is 10.1. The Morgan fingerprint density at radius 2 is 1.96 bits per heavy atom. The molecular formula is C19H19N7O2. The van der Waals surface area contributed by atoms with Gasteiger partial charge in [0.15, 0.2) is 5.82 Å². The van der Waals surface area contributed by atoms with Gasteiger partial charge in [0.1, 0.15) is 0 Å². The van der Waals surface area contributed by atoms with E-state index < -0.39 is 5.92 Å². The number of rotatable bonds is 6. The van der Waals surface area contributed by atoms with E-state index in [-0.39, 0.29) is 24.8 Å². The van der Waals surface area contributed by atoms with Crippen LogP contribution in [0.15, 0.2) is 54.7 Å². The second kappa shape index (κ2) is 7.95. The van der Waals surface area contributed by atoms with Crippen LogP contribution in [0.5, 0.6) is 0 Å². The number of hydrogen-bond acceptors (Lipinski definition) is 6. The third-order valence-electron chi connectivity index (χ3n) is 4.62. The van der Waals surface area contributed by atoms with Crippen molar-refractivity contribution < 1.29 is 9.59 Å². The molecule has 9 heteroatoms. The van der Waals surface area contributed by atoms with E-state index in [1.54, 1.807) is 15.8 Å². The van der Waals surface area contributed by atoms with E-state index in [4.69, 9.17) is 0 Å². The quantitative estimate of drug-likeness (QED) is 0.679. The molecule has 0 saturated carbocycles. The number of para-hydroxylation sites is 1. The Bertz CT molecular complexity index is 959. The highest BCUT2D eigenvalue weighted by Gasteiger charge is 2.34. The van der Waals surface area contributed by atoms with Crippen molar-refractivity contribution >= 4 is 11.8 Å². The number of aromatic nitrogens is 5. The summed E-state index contributed by atoms with van der Waals surface area (Å²) in [7, 11) is 0. The van der Waals surface area contributed by atoms with Gasteiger partial charge in [-0.25, -0.2) is 0 Å². The van der Waals surface area contributed by atoms with Gasteiger partial charge in [-0.15, -0.1) is 5.10 Å². The smallest absolute Gasteiger partial charge is 0.225 e. The minimum absolute atomic E-state index is 0.0417. The van der Waals surface area contributed by atoms with Gasteiger partial charge in [0.2, 0.25) is 11.8 Å². The van der Waals surface area contributed by atoms with Crippen molar-refractivity contribution in [2.45, 2.75) is 19.5 Å². The van der Waals surface area contributed by atoms with Gasteiger partial charge in [0.05, 0.1) is 30.4 Å². The van der Waals surface area contributed by atoms with Gasteiger partial charge >= 0.3 is 0 Å². The van der Waals surface area contributed by atoms with Gasteiger partial charge in [-0.1, -0.05) is 24.3 Å². The monoisotopic (exact) mass is 377 g/mol. The van der Waals surface area contributed by atoms with Crippen LogP contribution >= 0.6 is 0 Å². The zero-order valence-corrected chi connectivity index (χ0v) is 15.1. The Hall–Kier alpha value is -3.62. The number of nitrogens with one attached hydrogen (secondary N) is 1. The molecule has 0 radical (unpaired) electrons. The number of benzene rings is 1. The molecule has 1 atom stereocenters. The lowest BCUT2D eigenvalue weighted by molar-refractivity contribution is -0.129. The van der Waals surface area contributed by atoms with E-state index in [1.807, 2.05) is 48.5 Å². The van der Waals surface area contributed by atoms with Crippen molar-refractivity contribution in [2.75, 3.05) is 6.54 Å². The molecule has 0 bridgehead atoms. The SMILES string of the molecule is O=C(NCc1nnnn1-c1ccccc1)C1CC(=O)N(Cc2ccccn2)C1. The van der Waals surface area contributed by atoms with E-state index in [9.17, 15) is 9.59 Å². The summed E-state index contributed by atoms with van der Waals surface area (Å²) in [5, 5.41) is 14.5. The molecule has 1 aliphatic rings. The fourth-order valence-electron chi connectivity index (χ4n) is 3.18. The first-order valence-corrected chi connectivity index (χ1v) is 8.99. The molecule has 9 nitrogen and oxygen atoms in total. The molecule has 1 fully saturated rings. The molecule has 28 heavy (non-hydrogen) atoms. The zero-order chi connectivity index (χ0) is 19.3. The minimum atomic E-state index is -0.391. The van der Waals surface area contributed by atoms with Crippen molar-refractivity contribution in [2.24, 2.45) is 5.92 Å². The maximum absolute atomic E-state index is 12.5. The lowest BCUT2D eigenvalue weighted by Crippen LogP contribution is -2.33. The average Bonchev–Trinajstić information content (AvgIpc) is 3.34. The Balaban J connectivity index is 1.35. The first kappa shape index (κ1) is 17.8. The number of amides is 2. The maximum atomic E-state index is 12.5. The van der Waals surface area contributed by atoms with Crippen molar-refractivity contribution in [1.29, 1.82) is 0 Å². The number of carbonyl (C=O) groups excluding carboxylic acids is 2. The molecule has 1 aromatic carbocycles. The van der Waals surface area contributed by atoms with E-state index in [0.29, 0.717) is 18.9 Å². The summed E-state index contributed by atoms with van der Waals surface area (Å²) in [6, 6.07) is 15.0. The predicted molar refractivity (Wildman–Crippen MR) is 98.8 cm³/mol. The topological polar surface area (TPSA) is 106 Å². The number of likely N-dealkylation sites (tertiary alicyclic amines) is 1. The van der Waals surface area contributed by atoms with E-state index in [0.717, 1.165) is 11.4 Å². The van der Waals surface area contributed by atoms with Crippen LogP contribution in [0.2, 0.25) is 0 Å². The number of hydrogen-bond donors (Lipinski definition) is 1. The Labute approximate surface area is 161 Å². The molecule has 0 aliphatic carbocycles. The van der Waals surface area contributed by atoms with E-state index in [2.05, 4.69) is 25.8 Å². The molecule has 2 aromatic heterocycles. The second-order valence-corrected chi connectivity index (χ2v) is 6.56. The predicted octanol–water partition coefficient (Wildman–Crippen LogP) is 0.722. The van der Waals surface area contributed by atoms with Gasteiger partial charge in [-0.2, -0.15) is 4.68 Å². The maximum Gasteiger partial charge on any atom is 0.225 e. The summed E-state index contributed by atoms with van der Waals surface area (Å²) >= 11 is 0. The summed E-state index contributed by atoms with van der Waals surface area (Å²) in [5.74, 6) is -0.0918. The molecule has 1 N–H and O–H groups in total. The third kappa shape index (κ3) is 3.88. The van der Waals surface area contributed by atoms with Gasteiger partial charge in [-0.05, 0) is 34.7 Å². The molecule has 2 amide bonds. The Morgan fingerprint density at radius 1 is 1.14 bits per heavy atom. The number of tetrazole rings is 1. The van der Waals surface area contributed by atoms with Crippen LogP contribution < -0.4 is 5.32 Å². The van der Waals surface area contributed by atoms with Crippen molar-refractivity contribution in [3.05, 3.63) is 66.2 Å². The van der Waals surface area contributed by atoms with Crippen molar-refractivity contribution in [3.8, 4) is 5.69 Å². The summed E-state index contributed by atoms with van der Waals surface area (Å²) in [6.45, 7) is 0.978. The van der Waals surface area contributed by atoms with E-state index >= 15 is 0 Å². The summed E-state index contributed by atoms with van der Waals surface area (Å²) in [5.41, 5.74) is 1.62. The van der Waals surface area contributed by atoms with Crippen LogP contribution in [-0.2, 0) is 22.7 Å². The van der Waals surface area contributed by atoms with Crippen LogP contribution in [0, 0.1) is 5.92 Å². The minimum Gasteiger partial charge on any atom is -0.348 e. The molecule has 4 rings (SSSR count). The zero-order valence-electron chi connectivity index (χ0n) is 15.1. The first-order valence-electron chi connectivity index (χ1n) is 8.99. The largest absolute Gasteiger partial charge is 0.348 e. The van der Waals surface area contributed by atoms with Crippen LogP contribution in [0.4, 0.5) is 0 Å². The normalized spacial score (nSPS) is 16.4. The number of nitrogens with zero attached hydrogens (tertiary/aromatic N) is 6. The average molecular weight is 377 g/mol. The Kier molecular flexibility index (Phi) is 5.05. The lowest BCUT2D eigenvalue weighted by Gasteiger charge is -2.16. The number of carbonyl (C=O) groups is 2. The van der Waals surface area contributed by atoms with Crippen LogP contribution in [0.3, 0.4) is 0 Å². The van der Waals surface area contributed by atoms with Crippen molar-refractivity contribution in [1.82, 2.24) is 35.4 Å². The summed E-state index contributed by atoms with van der Waals surface area (Å²) < 4.78 is 1.58. The fourth-order valence-corrected chi connectivity index (χ4v) is 3.18. The van der Waals surface area contributed by atoms with Gasteiger partial charge < -0.3 is 10.2 Å². The third-order valence-corrected chi connectivity index (χ3v) is 4.62. The van der Waals surface area contributed by atoms with Crippen molar-refractivity contribution in [3.63, 3.8) is 0 Å². The molecule has 3 heterocycles. The highest BCUT2D eigenvalue weighted by atomic mass is 16.2. The first-order chi connectivity index (χ1) is 13.7.